The number of nitrogens with one attached hydrogen (secondary N) is 1. The van der Waals surface area contributed by atoms with Crippen LogP contribution in [0.3, 0.4) is 0 Å². The van der Waals surface area contributed by atoms with Gasteiger partial charge in [0.1, 0.15) is 0 Å². The standard InChI is InChI=1S/C22H29NO4S/c1-4-5-6-7-9-18-12-14-21(15-13-18)28(25,26)23-20-11-8-10-19(16-20)22(24)27-17(2)3/h8,10-17,23H,4-7,9H2,1-3H3. The van der Waals surface area contributed by atoms with Crippen molar-refractivity contribution in [2.24, 2.45) is 0 Å². The van der Waals surface area contributed by atoms with Crippen molar-refractivity contribution in [1.82, 2.24) is 0 Å². The molecule has 2 rings (SSSR count). The van der Waals surface area contributed by atoms with Crippen molar-refractivity contribution in [3.8, 4) is 0 Å². The van der Waals surface area contributed by atoms with E-state index in [0.717, 1.165) is 18.4 Å². The first-order chi connectivity index (χ1) is 13.3. The van der Waals surface area contributed by atoms with Crippen molar-refractivity contribution in [2.75, 3.05) is 4.72 Å². The fraction of sp³-hybridized carbons (Fsp3) is 0.409. The predicted molar refractivity (Wildman–Crippen MR) is 112 cm³/mol. The average Bonchev–Trinajstić information content (AvgIpc) is 2.65. The number of benzene rings is 2. The second-order valence-corrected chi connectivity index (χ2v) is 8.78. The van der Waals surface area contributed by atoms with Crippen molar-refractivity contribution in [3.63, 3.8) is 0 Å². The summed E-state index contributed by atoms with van der Waals surface area (Å²) >= 11 is 0. The molecule has 0 aromatic heterocycles. The number of carbonyl (C=O) groups is 1. The summed E-state index contributed by atoms with van der Waals surface area (Å²) in [6, 6.07) is 13.2. The minimum atomic E-state index is -3.73. The zero-order valence-corrected chi connectivity index (χ0v) is 17.6. The van der Waals surface area contributed by atoms with Gasteiger partial charge in [0.15, 0.2) is 0 Å². The zero-order chi connectivity index (χ0) is 20.6. The van der Waals surface area contributed by atoms with Gasteiger partial charge in [0.05, 0.1) is 16.6 Å². The lowest BCUT2D eigenvalue weighted by molar-refractivity contribution is 0.0378. The summed E-state index contributed by atoms with van der Waals surface area (Å²) in [4.78, 5) is 12.2. The molecular formula is C22H29NO4S. The molecule has 0 fully saturated rings. The zero-order valence-electron chi connectivity index (χ0n) is 16.8. The second kappa shape index (κ2) is 10.3. The van der Waals surface area contributed by atoms with Crippen LogP contribution in [0.25, 0.3) is 0 Å². The van der Waals surface area contributed by atoms with Gasteiger partial charge < -0.3 is 4.74 Å². The number of hydrogen-bond donors (Lipinski definition) is 1. The molecule has 152 valence electrons. The third kappa shape index (κ3) is 6.68. The fourth-order valence-electron chi connectivity index (χ4n) is 2.80. The summed E-state index contributed by atoms with van der Waals surface area (Å²) in [6.07, 6.45) is 5.42. The summed E-state index contributed by atoms with van der Waals surface area (Å²) in [6.45, 7) is 5.70. The molecule has 2 aromatic carbocycles. The van der Waals surface area contributed by atoms with Crippen LogP contribution in [0.1, 0.15) is 62.4 Å². The third-order valence-electron chi connectivity index (χ3n) is 4.25. The lowest BCUT2D eigenvalue weighted by atomic mass is 10.1. The van der Waals surface area contributed by atoms with Crippen LogP contribution >= 0.6 is 0 Å². The number of aryl methyl sites for hydroxylation is 1. The molecule has 0 aliphatic carbocycles. The van der Waals surface area contributed by atoms with E-state index in [4.69, 9.17) is 4.74 Å². The molecule has 0 atom stereocenters. The number of hydrogen-bond acceptors (Lipinski definition) is 4. The molecule has 1 N–H and O–H groups in total. The maximum atomic E-state index is 12.6. The van der Waals surface area contributed by atoms with Crippen molar-refractivity contribution in [1.29, 1.82) is 0 Å². The number of rotatable bonds is 10. The van der Waals surface area contributed by atoms with Crippen LogP contribution in [0.5, 0.6) is 0 Å². The quantitative estimate of drug-likeness (QED) is 0.438. The summed E-state index contributed by atoms with van der Waals surface area (Å²) in [7, 11) is -3.73. The normalized spacial score (nSPS) is 11.4. The Bertz CT molecular complexity index is 874. The Morgan fingerprint density at radius 2 is 1.75 bits per heavy atom. The minimum absolute atomic E-state index is 0.194. The molecule has 5 nitrogen and oxygen atoms in total. The molecule has 28 heavy (non-hydrogen) atoms. The first kappa shape index (κ1) is 22.0. The van der Waals surface area contributed by atoms with Gasteiger partial charge in [0, 0.05) is 5.69 Å². The molecular weight excluding hydrogens is 374 g/mol. The summed E-state index contributed by atoms with van der Waals surface area (Å²) in [5.41, 5.74) is 1.76. The molecule has 0 saturated heterocycles. The van der Waals surface area contributed by atoms with Crippen LogP contribution in [0.4, 0.5) is 5.69 Å². The van der Waals surface area contributed by atoms with Crippen molar-refractivity contribution < 1.29 is 17.9 Å². The number of ether oxygens (including phenoxy) is 1. The monoisotopic (exact) mass is 403 g/mol. The van der Waals surface area contributed by atoms with Crippen LogP contribution in [0.2, 0.25) is 0 Å². The van der Waals surface area contributed by atoms with Crippen LogP contribution in [0.15, 0.2) is 53.4 Å². The lowest BCUT2D eigenvalue weighted by Crippen LogP contribution is -2.15. The molecule has 6 heteroatoms. The topological polar surface area (TPSA) is 72.5 Å². The predicted octanol–water partition coefficient (Wildman–Crippen LogP) is 5.18. The molecule has 0 unspecified atom stereocenters. The van der Waals surface area contributed by atoms with E-state index in [1.807, 2.05) is 12.1 Å². The molecule has 0 spiro atoms. The third-order valence-corrected chi connectivity index (χ3v) is 5.64. The molecule has 0 amide bonds. The Kier molecular flexibility index (Phi) is 8.05. The van der Waals surface area contributed by atoms with E-state index in [1.165, 1.54) is 25.3 Å². The highest BCUT2D eigenvalue weighted by molar-refractivity contribution is 7.92. The number of unbranched alkanes of at least 4 members (excludes halogenated alkanes) is 3. The molecule has 0 bridgehead atoms. The fourth-order valence-corrected chi connectivity index (χ4v) is 3.85. The van der Waals surface area contributed by atoms with Gasteiger partial charge in [0.25, 0.3) is 10.0 Å². The van der Waals surface area contributed by atoms with Gasteiger partial charge >= 0.3 is 5.97 Å². The van der Waals surface area contributed by atoms with Gasteiger partial charge in [-0.1, -0.05) is 44.4 Å². The van der Waals surface area contributed by atoms with Crippen LogP contribution in [-0.2, 0) is 21.2 Å². The lowest BCUT2D eigenvalue weighted by Gasteiger charge is -2.11. The van der Waals surface area contributed by atoms with Gasteiger partial charge in [-0.25, -0.2) is 13.2 Å². The molecule has 2 aromatic rings. The van der Waals surface area contributed by atoms with E-state index in [1.54, 1.807) is 44.2 Å². The first-order valence-electron chi connectivity index (χ1n) is 9.74. The van der Waals surface area contributed by atoms with E-state index in [9.17, 15) is 13.2 Å². The number of sulfonamides is 1. The molecule has 0 aliphatic heterocycles. The average molecular weight is 404 g/mol. The maximum Gasteiger partial charge on any atom is 0.338 e. The van der Waals surface area contributed by atoms with Crippen LogP contribution in [0, 0.1) is 0 Å². The second-order valence-electron chi connectivity index (χ2n) is 7.09. The summed E-state index contributed by atoms with van der Waals surface area (Å²) in [5.74, 6) is -0.483. The molecule has 0 radical (unpaired) electrons. The number of esters is 1. The Balaban J connectivity index is 2.06. The van der Waals surface area contributed by atoms with Crippen molar-refractivity contribution in [3.05, 3.63) is 59.7 Å². The van der Waals surface area contributed by atoms with Gasteiger partial charge in [-0.15, -0.1) is 0 Å². The highest BCUT2D eigenvalue weighted by atomic mass is 32.2. The van der Waals surface area contributed by atoms with Gasteiger partial charge in [-0.05, 0) is 62.6 Å². The van der Waals surface area contributed by atoms with Gasteiger partial charge in [0.2, 0.25) is 0 Å². The van der Waals surface area contributed by atoms with Gasteiger partial charge in [-0.3, -0.25) is 4.72 Å². The minimum Gasteiger partial charge on any atom is -0.459 e. The van der Waals surface area contributed by atoms with E-state index in [-0.39, 0.29) is 11.0 Å². The van der Waals surface area contributed by atoms with E-state index < -0.39 is 16.0 Å². The summed E-state index contributed by atoms with van der Waals surface area (Å²) in [5, 5.41) is 0. The number of anilines is 1. The van der Waals surface area contributed by atoms with Crippen molar-refractivity contribution >= 4 is 21.7 Å². The molecule has 0 heterocycles. The molecule has 0 saturated carbocycles. The van der Waals surface area contributed by atoms with E-state index >= 15 is 0 Å². The summed E-state index contributed by atoms with van der Waals surface area (Å²) < 4.78 is 33.0. The Labute approximate surface area is 168 Å². The highest BCUT2D eigenvalue weighted by Gasteiger charge is 2.16. The van der Waals surface area contributed by atoms with Crippen molar-refractivity contribution in [2.45, 2.75) is 63.9 Å². The van der Waals surface area contributed by atoms with Crippen LogP contribution in [-0.4, -0.2) is 20.5 Å². The maximum absolute atomic E-state index is 12.6. The first-order valence-corrected chi connectivity index (χ1v) is 11.2. The number of carbonyl (C=O) groups excluding carboxylic acids is 1. The van der Waals surface area contributed by atoms with Crippen LogP contribution < -0.4 is 4.72 Å². The Morgan fingerprint density at radius 1 is 1.04 bits per heavy atom. The van der Waals surface area contributed by atoms with E-state index in [0.29, 0.717) is 11.3 Å². The Hall–Kier alpha value is -2.34. The SMILES string of the molecule is CCCCCCc1ccc(S(=O)(=O)Nc2cccc(C(=O)OC(C)C)c2)cc1. The molecule has 0 aliphatic rings. The smallest absolute Gasteiger partial charge is 0.338 e. The Morgan fingerprint density at radius 3 is 2.39 bits per heavy atom. The highest BCUT2D eigenvalue weighted by Crippen LogP contribution is 2.19. The largest absolute Gasteiger partial charge is 0.459 e. The van der Waals surface area contributed by atoms with E-state index in [2.05, 4.69) is 11.6 Å². The van der Waals surface area contributed by atoms with Gasteiger partial charge in [-0.2, -0.15) is 0 Å².